The number of phenols is 1. The standard InChI is InChI=1S/C33H49NO5/c1-30(2,3)26-16-24(17-27(28(26)36)31(4,5)6)38-21-23(35)20-34-32(7,8)18-25(19-33(34,9)10)39-29(37)22-14-12-11-13-15-22/h11-17,23,25,35-36H,18-21H2,1-10H3. The number of aliphatic hydroxyl groups excluding tert-OH is 1. The molecule has 0 bridgehead atoms. The molecule has 1 saturated heterocycles. The number of esters is 1. The summed E-state index contributed by atoms with van der Waals surface area (Å²) in [5.74, 6) is 0.654. The van der Waals surface area contributed by atoms with Crippen molar-refractivity contribution in [2.75, 3.05) is 13.2 Å². The third kappa shape index (κ3) is 7.55. The van der Waals surface area contributed by atoms with Crippen LogP contribution < -0.4 is 4.74 Å². The van der Waals surface area contributed by atoms with Gasteiger partial charge in [0.25, 0.3) is 0 Å². The SMILES string of the molecule is CC(C)(C)c1cc(OCC(O)CN2C(C)(C)CC(OC(=O)c3ccccc3)CC2(C)C)cc(C(C)(C)C)c1O. The zero-order valence-corrected chi connectivity index (χ0v) is 25.6. The molecule has 0 aromatic heterocycles. The Morgan fingerprint density at radius 3 is 1.90 bits per heavy atom. The van der Waals surface area contributed by atoms with Crippen molar-refractivity contribution in [2.24, 2.45) is 0 Å². The summed E-state index contributed by atoms with van der Waals surface area (Å²) < 4.78 is 12.1. The first-order chi connectivity index (χ1) is 17.8. The number of nitrogens with zero attached hydrogens (tertiary/aromatic N) is 1. The molecular formula is C33H49NO5. The van der Waals surface area contributed by atoms with Crippen molar-refractivity contribution in [3.8, 4) is 11.5 Å². The molecule has 216 valence electrons. The van der Waals surface area contributed by atoms with E-state index in [2.05, 4.69) is 74.1 Å². The molecule has 1 aliphatic rings. The Labute approximate surface area is 235 Å². The first-order valence-electron chi connectivity index (χ1n) is 14.0. The third-order valence-electron chi connectivity index (χ3n) is 7.73. The number of benzene rings is 2. The second kappa shape index (κ2) is 11.1. The van der Waals surface area contributed by atoms with Crippen LogP contribution in [0.25, 0.3) is 0 Å². The molecule has 1 unspecified atom stereocenters. The fraction of sp³-hybridized carbons (Fsp3) is 0.606. The van der Waals surface area contributed by atoms with Crippen molar-refractivity contribution in [3.63, 3.8) is 0 Å². The van der Waals surface area contributed by atoms with Crippen LogP contribution >= 0.6 is 0 Å². The van der Waals surface area contributed by atoms with Crippen LogP contribution in [0, 0.1) is 0 Å². The second-order valence-corrected chi connectivity index (χ2v) is 14.4. The number of piperidine rings is 1. The number of ether oxygens (including phenoxy) is 2. The van der Waals surface area contributed by atoms with Gasteiger partial charge in [-0.05, 0) is 62.8 Å². The van der Waals surface area contributed by atoms with Crippen molar-refractivity contribution in [2.45, 2.75) is 116 Å². The summed E-state index contributed by atoms with van der Waals surface area (Å²) in [5, 5.41) is 22.1. The van der Waals surface area contributed by atoms with E-state index in [-0.39, 0.29) is 40.6 Å². The highest BCUT2D eigenvalue weighted by Crippen LogP contribution is 2.42. The van der Waals surface area contributed by atoms with E-state index >= 15 is 0 Å². The molecule has 0 radical (unpaired) electrons. The number of aromatic hydroxyl groups is 1. The third-order valence-corrected chi connectivity index (χ3v) is 7.73. The summed E-state index contributed by atoms with van der Waals surface area (Å²) in [6.45, 7) is 21.5. The minimum atomic E-state index is -0.725. The number of aliphatic hydroxyl groups is 1. The highest BCUT2D eigenvalue weighted by molar-refractivity contribution is 5.89. The van der Waals surface area contributed by atoms with Crippen LogP contribution in [-0.4, -0.2) is 57.5 Å². The Bertz CT molecular complexity index is 1090. The predicted octanol–water partition coefficient (Wildman–Crippen LogP) is 6.61. The van der Waals surface area contributed by atoms with E-state index in [1.165, 1.54) is 0 Å². The number of hydrogen-bond donors (Lipinski definition) is 2. The van der Waals surface area contributed by atoms with E-state index in [1.807, 2.05) is 30.3 Å². The van der Waals surface area contributed by atoms with E-state index in [9.17, 15) is 15.0 Å². The maximum absolute atomic E-state index is 12.7. The summed E-state index contributed by atoms with van der Waals surface area (Å²) in [4.78, 5) is 15.0. The Balaban J connectivity index is 1.70. The van der Waals surface area contributed by atoms with Gasteiger partial charge in [0.15, 0.2) is 0 Å². The summed E-state index contributed by atoms with van der Waals surface area (Å²) in [6, 6.07) is 12.9. The Hall–Kier alpha value is -2.57. The van der Waals surface area contributed by atoms with Gasteiger partial charge in [0, 0.05) is 41.6 Å². The number of β-amino-alcohol motifs (C(OH)–C–C–N with tert-alkyl or cyclic N) is 1. The zero-order chi connectivity index (χ0) is 29.4. The van der Waals surface area contributed by atoms with Gasteiger partial charge < -0.3 is 19.7 Å². The van der Waals surface area contributed by atoms with E-state index in [4.69, 9.17) is 9.47 Å². The molecule has 0 spiro atoms. The normalized spacial score (nSPS) is 18.9. The molecule has 6 nitrogen and oxygen atoms in total. The van der Waals surface area contributed by atoms with Gasteiger partial charge in [-0.1, -0.05) is 59.7 Å². The van der Waals surface area contributed by atoms with Crippen LogP contribution in [0.1, 0.15) is 104 Å². The summed E-state index contributed by atoms with van der Waals surface area (Å²) in [5.41, 5.74) is 1.09. The molecule has 0 aliphatic carbocycles. The number of carbonyl (C=O) groups excluding carboxylic acids is 1. The van der Waals surface area contributed by atoms with E-state index in [0.29, 0.717) is 36.4 Å². The second-order valence-electron chi connectivity index (χ2n) is 14.4. The molecule has 0 amide bonds. The Kier molecular flexibility index (Phi) is 8.84. The van der Waals surface area contributed by atoms with Crippen LogP contribution in [0.5, 0.6) is 11.5 Å². The van der Waals surface area contributed by atoms with Gasteiger partial charge in [0.1, 0.15) is 30.3 Å². The van der Waals surface area contributed by atoms with Crippen molar-refractivity contribution in [1.29, 1.82) is 0 Å². The summed E-state index contributed by atoms with van der Waals surface area (Å²) in [7, 11) is 0. The zero-order valence-electron chi connectivity index (χ0n) is 25.6. The largest absolute Gasteiger partial charge is 0.507 e. The van der Waals surface area contributed by atoms with Gasteiger partial charge in [-0.15, -0.1) is 0 Å². The number of phenolic OH excluding ortho intramolecular Hbond substituents is 1. The first kappa shape index (κ1) is 31.0. The highest BCUT2D eigenvalue weighted by Gasteiger charge is 2.47. The quantitative estimate of drug-likeness (QED) is 0.386. The first-order valence-corrected chi connectivity index (χ1v) is 14.0. The molecule has 2 aromatic rings. The molecular weight excluding hydrogens is 490 g/mol. The lowest BCUT2D eigenvalue weighted by Gasteiger charge is -2.55. The monoisotopic (exact) mass is 539 g/mol. The predicted molar refractivity (Wildman–Crippen MR) is 157 cm³/mol. The lowest BCUT2D eigenvalue weighted by Crippen LogP contribution is -2.64. The van der Waals surface area contributed by atoms with Gasteiger partial charge in [0.2, 0.25) is 0 Å². The van der Waals surface area contributed by atoms with E-state index in [1.54, 1.807) is 12.1 Å². The average Bonchev–Trinajstić information content (AvgIpc) is 2.79. The minimum Gasteiger partial charge on any atom is -0.507 e. The van der Waals surface area contributed by atoms with Gasteiger partial charge in [-0.2, -0.15) is 0 Å². The molecule has 1 atom stereocenters. The van der Waals surface area contributed by atoms with E-state index in [0.717, 1.165) is 11.1 Å². The van der Waals surface area contributed by atoms with Crippen molar-refractivity contribution >= 4 is 5.97 Å². The van der Waals surface area contributed by atoms with Gasteiger partial charge in [0.05, 0.1) is 5.56 Å². The van der Waals surface area contributed by atoms with Gasteiger partial charge in [-0.25, -0.2) is 4.79 Å². The van der Waals surface area contributed by atoms with Crippen molar-refractivity contribution in [1.82, 2.24) is 4.90 Å². The topological polar surface area (TPSA) is 79.2 Å². The molecule has 3 rings (SSSR count). The van der Waals surface area contributed by atoms with Gasteiger partial charge >= 0.3 is 5.97 Å². The van der Waals surface area contributed by atoms with Crippen molar-refractivity contribution < 1.29 is 24.5 Å². The van der Waals surface area contributed by atoms with E-state index < -0.39 is 6.10 Å². The summed E-state index contributed by atoms with van der Waals surface area (Å²) >= 11 is 0. The minimum absolute atomic E-state index is 0.132. The fourth-order valence-corrected chi connectivity index (χ4v) is 5.89. The Morgan fingerprint density at radius 2 is 1.44 bits per heavy atom. The smallest absolute Gasteiger partial charge is 0.338 e. The highest BCUT2D eigenvalue weighted by atomic mass is 16.5. The molecule has 1 heterocycles. The average molecular weight is 540 g/mol. The lowest BCUT2D eigenvalue weighted by molar-refractivity contribution is -0.104. The van der Waals surface area contributed by atoms with Crippen molar-refractivity contribution in [3.05, 3.63) is 59.2 Å². The number of likely N-dealkylation sites (tertiary alicyclic amines) is 1. The van der Waals surface area contributed by atoms with Crippen LogP contribution in [-0.2, 0) is 15.6 Å². The van der Waals surface area contributed by atoms with Crippen LogP contribution in [0.3, 0.4) is 0 Å². The molecule has 2 N–H and O–H groups in total. The van der Waals surface area contributed by atoms with Crippen LogP contribution in [0.4, 0.5) is 0 Å². The molecule has 39 heavy (non-hydrogen) atoms. The number of rotatable bonds is 7. The molecule has 1 fully saturated rings. The molecule has 1 aliphatic heterocycles. The molecule has 0 saturated carbocycles. The Morgan fingerprint density at radius 1 is 0.949 bits per heavy atom. The van der Waals surface area contributed by atoms with Crippen LogP contribution in [0.2, 0.25) is 0 Å². The number of carbonyl (C=O) groups is 1. The maximum Gasteiger partial charge on any atom is 0.338 e. The molecule has 2 aromatic carbocycles. The lowest BCUT2D eigenvalue weighted by atomic mass is 9.77. The summed E-state index contributed by atoms with van der Waals surface area (Å²) in [6.07, 6.45) is 0.405. The van der Waals surface area contributed by atoms with Gasteiger partial charge in [-0.3, -0.25) is 4.90 Å². The van der Waals surface area contributed by atoms with Crippen LogP contribution in [0.15, 0.2) is 42.5 Å². The fourth-order valence-electron chi connectivity index (χ4n) is 5.89. The number of hydrogen-bond acceptors (Lipinski definition) is 6. The maximum atomic E-state index is 12.7. The molecule has 6 heteroatoms.